The zero-order valence-electron chi connectivity index (χ0n) is 11.4. The second-order valence-corrected chi connectivity index (χ2v) is 6.23. The zero-order valence-corrected chi connectivity index (χ0v) is 11.4. The fraction of sp³-hybridized carbons (Fsp3) is 0.667. The molecule has 0 spiro atoms. The Labute approximate surface area is 109 Å². The third-order valence-corrected chi connectivity index (χ3v) is 4.25. The van der Waals surface area contributed by atoms with E-state index >= 15 is 0 Å². The number of epoxide rings is 1. The number of hydrogen-bond acceptors (Lipinski definition) is 2. The molecule has 0 radical (unpaired) electrons. The summed E-state index contributed by atoms with van der Waals surface area (Å²) in [5.41, 5.74) is 2.28. The van der Waals surface area contributed by atoms with E-state index in [-0.39, 0.29) is 17.6 Å². The average molecular weight is 250 g/mol. The molecular formula is C15H22O3. The summed E-state index contributed by atoms with van der Waals surface area (Å²) in [5, 5.41) is 8.76. The predicted molar refractivity (Wildman–Crippen MR) is 70.3 cm³/mol. The number of rotatable bonds is 3. The molecule has 18 heavy (non-hydrogen) atoms. The van der Waals surface area contributed by atoms with Crippen molar-refractivity contribution in [2.45, 2.75) is 52.2 Å². The Hall–Kier alpha value is -1.09. The molecule has 0 amide bonds. The van der Waals surface area contributed by atoms with Crippen molar-refractivity contribution in [2.75, 3.05) is 0 Å². The van der Waals surface area contributed by atoms with Gasteiger partial charge in [-0.15, -0.1) is 0 Å². The van der Waals surface area contributed by atoms with Gasteiger partial charge in [-0.3, -0.25) is 0 Å². The van der Waals surface area contributed by atoms with E-state index in [2.05, 4.69) is 20.4 Å². The van der Waals surface area contributed by atoms with Gasteiger partial charge >= 0.3 is 5.97 Å². The molecule has 0 bridgehead atoms. The van der Waals surface area contributed by atoms with Crippen molar-refractivity contribution in [3.63, 3.8) is 0 Å². The fourth-order valence-corrected chi connectivity index (χ4v) is 3.33. The van der Waals surface area contributed by atoms with Crippen LogP contribution in [0.1, 0.15) is 40.0 Å². The lowest BCUT2D eigenvalue weighted by atomic mass is 9.65. The molecule has 3 nitrogen and oxygen atoms in total. The highest BCUT2D eigenvalue weighted by molar-refractivity contribution is 5.80. The number of hydrogen-bond donors (Lipinski definition) is 1. The van der Waals surface area contributed by atoms with Crippen LogP contribution >= 0.6 is 0 Å². The molecule has 1 saturated carbocycles. The second kappa shape index (κ2) is 4.54. The minimum atomic E-state index is -0.900. The molecule has 1 heterocycles. The van der Waals surface area contributed by atoms with Gasteiger partial charge in [-0.25, -0.2) is 4.79 Å². The highest BCUT2D eigenvalue weighted by atomic mass is 16.6. The molecule has 1 aliphatic heterocycles. The van der Waals surface area contributed by atoms with Crippen molar-refractivity contribution in [3.05, 3.63) is 23.8 Å². The number of carboxylic acid groups (broad SMARTS) is 1. The smallest absolute Gasteiger partial charge is 0.328 e. The summed E-state index contributed by atoms with van der Waals surface area (Å²) in [5.74, 6) is -0.545. The maximum atomic E-state index is 10.7. The Morgan fingerprint density at radius 2 is 2.22 bits per heavy atom. The molecule has 0 aromatic rings. The molecule has 3 atom stereocenters. The van der Waals surface area contributed by atoms with Gasteiger partial charge in [0.05, 0.1) is 6.10 Å². The van der Waals surface area contributed by atoms with Gasteiger partial charge in [-0.05, 0) is 37.2 Å². The summed E-state index contributed by atoms with van der Waals surface area (Å²) in [4.78, 5) is 10.7. The van der Waals surface area contributed by atoms with Gasteiger partial charge < -0.3 is 9.84 Å². The molecule has 3 heteroatoms. The Kier molecular flexibility index (Phi) is 3.37. The van der Waals surface area contributed by atoms with Crippen LogP contribution in [0, 0.1) is 11.3 Å². The Morgan fingerprint density at radius 3 is 2.78 bits per heavy atom. The lowest BCUT2D eigenvalue weighted by molar-refractivity contribution is -0.131. The van der Waals surface area contributed by atoms with E-state index in [1.807, 2.05) is 6.92 Å². The summed E-state index contributed by atoms with van der Waals surface area (Å²) in [6.45, 7) is 10.5. The highest BCUT2D eigenvalue weighted by Gasteiger charge is 2.52. The zero-order chi connectivity index (χ0) is 13.5. The highest BCUT2D eigenvalue weighted by Crippen LogP contribution is 2.51. The van der Waals surface area contributed by atoms with Gasteiger partial charge in [0.15, 0.2) is 0 Å². The minimum Gasteiger partial charge on any atom is -0.478 e. The minimum absolute atomic E-state index is 0.0276. The maximum absolute atomic E-state index is 10.7. The molecule has 1 saturated heterocycles. The average Bonchev–Trinajstić information content (AvgIpc) is 2.94. The van der Waals surface area contributed by atoms with Gasteiger partial charge in [-0.2, -0.15) is 0 Å². The molecule has 1 aliphatic carbocycles. The first-order chi connectivity index (χ1) is 8.33. The van der Waals surface area contributed by atoms with E-state index in [4.69, 9.17) is 9.84 Å². The molecule has 2 rings (SSSR count). The van der Waals surface area contributed by atoms with E-state index < -0.39 is 5.97 Å². The summed E-state index contributed by atoms with van der Waals surface area (Å²) in [7, 11) is 0. The molecule has 2 fully saturated rings. The molecule has 0 aromatic carbocycles. The number of carboxylic acids is 1. The van der Waals surface area contributed by atoms with Crippen molar-refractivity contribution in [1.29, 1.82) is 0 Å². The first kappa shape index (κ1) is 13.3. The largest absolute Gasteiger partial charge is 0.478 e. The monoisotopic (exact) mass is 250 g/mol. The lowest BCUT2D eigenvalue weighted by Gasteiger charge is -2.39. The van der Waals surface area contributed by atoms with Crippen molar-refractivity contribution in [3.8, 4) is 0 Å². The Morgan fingerprint density at radius 1 is 1.56 bits per heavy atom. The van der Waals surface area contributed by atoms with Crippen LogP contribution in [0.3, 0.4) is 0 Å². The van der Waals surface area contributed by atoms with Crippen molar-refractivity contribution >= 4 is 5.97 Å². The SMILES string of the molecule is C=C1CCCC(C)(C)C1C1OC1C(C)=CC(=O)O. The first-order valence-corrected chi connectivity index (χ1v) is 6.57. The van der Waals surface area contributed by atoms with Crippen LogP contribution in [-0.4, -0.2) is 23.3 Å². The molecule has 100 valence electrons. The Bertz CT molecular complexity index is 406. The normalized spacial score (nSPS) is 35.4. The van der Waals surface area contributed by atoms with E-state index in [1.165, 1.54) is 24.5 Å². The van der Waals surface area contributed by atoms with E-state index in [9.17, 15) is 4.79 Å². The van der Waals surface area contributed by atoms with E-state index in [0.717, 1.165) is 12.0 Å². The van der Waals surface area contributed by atoms with Gasteiger partial charge in [0.2, 0.25) is 0 Å². The third kappa shape index (κ3) is 2.51. The molecule has 2 aliphatic rings. The van der Waals surface area contributed by atoms with Crippen molar-refractivity contribution in [1.82, 2.24) is 0 Å². The summed E-state index contributed by atoms with van der Waals surface area (Å²) >= 11 is 0. The Balaban J connectivity index is 2.10. The quantitative estimate of drug-likeness (QED) is 0.475. The van der Waals surface area contributed by atoms with Crippen molar-refractivity contribution in [2.24, 2.45) is 11.3 Å². The van der Waals surface area contributed by atoms with Crippen LogP contribution in [0.15, 0.2) is 23.8 Å². The predicted octanol–water partition coefficient (Wildman–Crippen LogP) is 3.17. The third-order valence-electron chi connectivity index (χ3n) is 4.25. The lowest BCUT2D eigenvalue weighted by Crippen LogP contribution is -2.34. The number of carbonyl (C=O) groups is 1. The van der Waals surface area contributed by atoms with E-state index in [1.54, 1.807) is 0 Å². The van der Waals surface area contributed by atoms with Gasteiger partial charge in [0, 0.05) is 12.0 Å². The van der Waals surface area contributed by atoms with Gasteiger partial charge in [-0.1, -0.05) is 26.0 Å². The van der Waals surface area contributed by atoms with Crippen molar-refractivity contribution < 1.29 is 14.6 Å². The second-order valence-electron chi connectivity index (χ2n) is 6.23. The van der Waals surface area contributed by atoms with Gasteiger partial charge in [0.25, 0.3) is 0 Å². The van der Waals surface area contributed by atoms with Crippen LogP contribution in [0.5, 0.6) is 0 Å². The van der Waals surface area contributed by atoms with Crippen LogP contribution < -0.4 is 0 Å². The summed E-state index contributed by atoms with van der Waals surface area (Å²) in [6.07, 6.45) is 4.81. The first-order valence-electron chi connectivity index (χ1n) is 6.57. The van der Waals surface area contributed by atoms with Crippen LogP contribution in [-0.2, 0) is 9.53 Å². The standard InChI is InChI=1S/C15H22O3/c1-9-6-5-7-15(3,4)12(9)14-13(18-14)10(2)8-11(16)17/h8,12-14H,1,5-7H2,2-4H3,(H,16,17). The summed E-state index contributed by atoms with van der Waals surface area (Å²) < 4.78 is 5.73. The van der Waals surface area contributed by atoms with Gasteiger partial charge in [0.1, 0.15) is 6.10 Å². The van der Waals surface area contributed by atoms with Crippen LogP contribution in [0.25, 0.3) is 0 Å². The molecular weight excluding hydrogens is 228 g/mol. The van der Waals surface area contributed by atoms with E-state index in [0.29, 0.717) is 5.92 Å². The summed E-state index contributed by atoms with van der Waals surface area (Å²) in [6, 6.07) is 0. The van der Waals surface area contributed by atoms with Crippen LogP contribution in [0.2, 0.25) is 0 Å². The van der Waals surface area contributed by atoms with Crippen LogP contribution in [0.4, 0.5) is 0 Å². The topological polar surface area (TPSA) is 49.8 Å². The number of ether oxygens (including phenoxy) is 1. The molecule has 1 N–H and O–H groups in total. The molecule has 0 aromatic heterocycles. The number of aliphatic carboxylic acids is 1. The fourth-order valence-electron chi connectivity index (χ4n) is 3.33. The maximum Gasteiger partial charge on any atom is 0.328 e. The molecule has 3 unspecified atom stereocenters.